The van der Waals surface area contributed by atoms with Crippen LogP contribution in [-0.2, 0) is 4.79 Å². The minimum absolute atomic E-state index is 0.0168. The molecule has 22 heavy (non-hydrogen) atoms. The van der Waals surface area contributed by atoms with Gasteiger partial charge in [-0.1, -0.05) is 32.9 Å². The van der Waals surface area contributed by atoms with Crippen LogP contribution in [0.3, 0.4) is 0 Å². The lowest BCUT2D eigenvalue weighted by Crippen LogP contribution is -2.46. The average molecular weight is 304 g/mol. The van der Waals surface area contributed by atoms with E-state index < -0.39 is 0 Å². The Labute approximate surface area is 133 Å². The zero-order valence-electron chi connectivity index (χ0n) is 13.9. The first-order chi connectivity index (χ1) is 10.4. The van der Waals surface area contributed by atoms with Crippen molar-refractivity contribution in [3.63, 3.8) is 0 Å². The lowest BCUT2D eigenvalue weighted by atomic mass is 9.83. The molecule has 1 fully saturated rings. The van der Waals surface area contributed by atoms with E-state index in [1.54, 1.807) is 0 Å². The molecule has 1 aromatic carbocycles. The Bertz CT molecular complexity index is 516. The van der Waals surface area contributed by atoms with Crippen LogP contribution in [0, 0.1) is 5.41 Å². The molecule has 0 bridgehead atoms. The molecule has 1 aliphatic heterocycles. The van der Waals surface area contributed by atoms with Crippen molar-refractivity contribution < 1.29 is 9.90 Å². The second-order valence-corrected chi connectivity index (χ2v) is 7.11. The molecule has 1 unspecified atom stereocenters. The molecular formula is C18H28N2O2. The zero-order chi connectivity index (χ0) is 16.2. The molecule has 1 saturated heterocycles. The summed E-state index contributed by atoms with van der Waals surface area (Å²) in [6.45, 7) is 8.65. The molecule has 4 heteroatoms. The number of hydrogen-bond acceptors (Lipinski definition) is 3. The third kappa shape index (κ3) is 4.55. The van der Waals surface area contributed by atoms with Gasteiger partial charge >= 0.3 is 0 Å². The lowest BCUT2D eigenvalue weighted by Gasteiger charge is -2.38. The number of aliphatic hydroxyl groups is 1. The van der Waals surface area contributed by atoms with Gasteiger partial charge in [-0.05, 0) is 43.0 Å². The standard InChI is InChI=1S/C18H28N2O2/c1-14(2)15-6-4-7-16(10-15)19-17(22)11-20-9-5-8-18(3,12-20)13-21/h4,6-7,10,14,21H,5,8-9,11-13H2,1-3H3,(H,19,22). The summed E-state index contributed by atoms with van der Waals surface area (Å²) in [7, 11) is 0. The van der Waals surface area contributed by atoms with E-state index in [-0.39, 0.29) is 17.9 Å². The van der Waals surface area contributed by atoms with Crippen LogP contribution in [0.2, 0.25) is 0 Å². The molecule has 1 aromatic rings. The van der Waals surface area contributed by atoms with E-state index in [0.29, 0.717) is 12.5 Å². The number of anilines is 1. The van der Waals surface area contributed by atoms with Crippen LogP contribution in [0.4, 0.5) is 5.69 Å². The molecule has 0 spiro atoms. The second-order valence-electron chi connectivity index (χ2n) is 7.11. The first-order valence-electron chi connectivity index (χ1n) is 8.15. The van der Waals surface area contributed by atoms with Crippen molar-refractivity contribution in [3.05, 3.63) is 29.8 Å². The smallest absolute Gasteiger partial charge is 0.238 e. The molecule has 2 N–H and O–H groups in total. The molecule has 0 saturated carbocycles. The monoisotopic (exact) mass is 304 g/mol. The maximum atomic E-state index is 12.2. The summed E-state index contributed by atoms with van der Waals surface area (Å²) in [5.74, 6) is 0.465. The van der Waals surface area contributed by atoms with Gasteiger partial charge in [0.1, 0.15) is 0 Å². The maximum absolute atomic E-state index is 12.2. The van der Waals surface area contributed by atoms with Gasteiger partial charge < -0.3 is 10.4 Å². The number of nitrogens with zero attached hydrogens (tertiary/aromatic N) is 1. The van der Waals surface area contributed by atoms with E-state index in [4.69, 9.17) is 0 Å². The highest BCUT2D eigenvalue weighted by molar-refractivity contribution is 5.92. The summed E-state index contributed by atoms with van der Waals surface area (Å²) in [6.07, 6.45) is 2.06. The molecule has 4 nitrogen and oxygen atoms in total. The Morgan fingerprint density at radius 3 is 2.91 bits per heavy atom. The average Bonchev–Trinajstić information content (AvgIpc) is 2.47. The first-order valence-corrected chi connectivity index (χ1v) is 8.15. The molecule has 0 aromatic heterocycles. The first kappa shape index (κ1) is 17.0. The van der Waals surface area contributed by atoms with Crippen LogP contribution in [0.1, 0.15) is 45.1 Å². The fourth-order valence-electron chi connectivity index (χ4n) is 3.07. The number of hydrogen-bond donors (Lipinski definition) is 2. The number of aliphatic hydroxyl groups excluding tert-OH is 1. The Morgan fingerprint density at radius 2 is 2.23 bits per heavy atom. The van der Waals surface area contributed by atoms with Gasteiger partial charge in [-0.15, -0.1) is 0 Å². The summed E-state index contributed by atoms with van der Waals surface area (Å²) in [6, 6.07) is 8.03. The summed E-state index contributed by atoms with van der Waals surface area (Å²) in [4.78, 5) is 14.4. The molecule has 1 heterocycles. The van der Waals surface area contributed by atoms with Gasteiger partial charge in [0.2, 0.25) is 5.91 Å². The predicted molar refractivity (Wildman–Crippen MR) is 90.0 cm³/mol. The lowest BCUT2D eigenvalue weighted by molar-refractivity contribution is -0.118. The van der Waals surface area contributed by atoms with Crippen LogP contribution in [0.25, 0.3) is 0 Å². The third-order valence-electron chi connectivity index (χ3n) is 4.45. The largest absolute Gasteiger partial charge is 0.396 e. The van der Waals surface area contributed by atoms with E-state index in [9.17, 15) is 9.90 Å². The van der Waals surface area contributed by atoms with E-state index in [2.05, 4.69) is 37.1 Å². The van der Waals surface area contributed by atoms with E-state index >= 15 is 0 Å². The van der Waals surface area contributed by atoms with Crippen molar-refractivity contribution in [2.24, 2.45) is 5.41 Å². The van der Waals surface area contributed by atoms with Crippen LogP contribution >= 0.6 is 0 Å². The number of amides is 1. The van der Waals surface area contributed by atoms with Crippen molar-refractivity contribution >= 4 is 11.6 Å². The van der Waals surface area contributed by atoms with Crippen molar-refractivity contribution in [1.29, 1.82) is 0 Å². The van der Waals surface area contributed by atoms with Gasteiger partial charge in [-0.3, -0.25) is 9.69 Å². The van der Waals surface area contributed by atoms with Crippen LogP contribution in [0.15, 0.2) is 24.3 Å². The van der Waals surface area contributed by atoms with Crippen LogP contribution in [0.5, 0.6) is 0 Å². The van der Waals surface area contributed by atoms with Gasteiger partial charge in [0.15, 0.2) is 0 Å². The summed E-state index contributed by atoms with van der Waals surface area (Å²) in [5, 5.41) is 12.5. The molecule has 0 radical (unpaired) electrons. The van der Waals surface area contributed by atoms with E-state index in [1.807, 2.05) is 18.2 Å². The summed E-state index contributed by atoms with van der Waals surface area (Å²) < 4.78 is 0. The summed E-state index contributed by atoms with van der Waals surface area (Å²) in [5.41, 5.74) is 2.01. The molecular weight excluding hydrogens is 276 g/mol. The van der Waals surface area contributed by atoms with E-state index in [0.717, 1.165) is 31.6 Å². The number of carbonyl (C=O) groups excluding carboxylic acids is 1. The molecule has 122 valence electrons. The molecule has 1 amide bonds. The Balaban J connectivity index is 1.91. The number of piperidine rings is 1. The van der Waals surface area contributed by atoms with Crippen molar-refractivity contribution in [3.8, 4) is 0 Å². The molecule has 0 aliphatic carbocycles. The third-order valence-corrected chi connectivity index (χ3v) is 4.45. The minimum atomic E-state index is -0.0733. The Morgan fingerprint density at radius 1 is 1.45 bits per heavy atom. The number of carbonyl (C=O) groups is 1. The summed E-state index contributed by atoms with van der Waals surface area (Å²) >= 11 is 0. The quantitative estimate of drug-likeness (QED) is 0.879. The number of rotatable bonds is 5. The van der Waals surface area contributed by atoms with Gasteiger partial charge in [-0.2, -0.15) is 0 Å². The maximum Gasteiger partial charge on any atom is 0.238 e. The van der Waals surface area contributed by atoms with Crippen LogP contribution in [-0.4, -0.2) is 42.2 Å². The van der Waals surface area contributed by atoms with Crippen molar-refractivity contribution in [2.75, 3.05) is 31.6 Å². The van der Waals surface area contributed by atoms with Gasteiger partial charge in [-0.25, -0.2) is 0 Å². The highest BCUT2D eigenvalue weighted by Crippen LogP contribution is 2.28. The Kier molecular flexibility index (Phi) is 5.59. The zero-order valence-corrected chi connectivity index (χ0v) is 13.9. The molecule has 2 rings (SSSR count). The second kappa shape index (κ2) is 7.25. The van der Waals surface area contributed by atoms with Crippen LogP contribution < -0.4 is 5.32 Å². The number of nitrogens with one attached hydrogen (secondary N) is 1. The normalized spacial score (nSPS) is 22.8. The highest BCUT2D eigenvalue weighted by Gasteiger charge is 2.30. The number of likely N-dealkylation sites (tertiary alicyclic amines) is 1. The van der Waals surface area contributed by atoms with Crippen molar-refractivity contribution in [2.45, 2.75) is 39.5 Å². The van der Waals surface area contributed by atoms with Gasteiger partial charge in [0.05, 0.1) is 6.54 Å². The highest BCUT2D eigenvalue weighted by atomic mass is 16.3. The fourth-order valence-corrected chi connectivity index (χ4v) is 3.07. The topological polar surface area (TPSA) is 52.6 Å². The fraction of sp³-hybridized carbons (Fsp3) is 0.611. The van der Waals surface area contributed by atoms with E-state index in [1.165, 1.54) is 5.56 Å². The number of benzene rings is 1. The Hall–Kier alpha value is -1.39. The minimum Gasteiger partial charge on any atom is -0.396 e. The molecule has 1 atom stereocenters. The van der Waals surface area contributed by atoms with Gasteiger partial charge in [0, 0.05) is 24.3 Å². The van der Waals surface area contributed by atoms with Crippen molar-refractivity contribution in [1.82, 2.24) is 4.90 Å². The SMILES string of the molecule is CC(C)c1cccc(NC(=O)CN2CCCC(C)(CO)C2)c1. The predicted octanol–water partition coefficient (Wildman–Crippen LogP) is 2.84. The van der Waals surface area contributed by atoms with Gasteiger partial charge in [0.25, 0.3) is 0 Å². The molecule has 1 aliphatic rings.